The van der Waals surface area contributed by atoms with Crippen molar-refractivity contribution in [1.82, 2.24) is 9.97 Å². The topological polar surface area (TPSA) is 84.3 Å². The molecular weight excluding hydrogens is 282 g/mol. The predicted molar refractivity (Wildman–Crippen MR) is 73.9 cm³/mol. The number of amides is 1. The third-order valence-corrected chi connectivity index (χ3v) is 2.78. The van der Waals surface area contributed by atoms with Crippen molar-refractivity contribution in [1.29, 1.82) is 0 Å². The minimum Gasteiger partial charge on any atom is -0.495 e. The first-order valence-corrected chi connectivity index (χ1v) is 6.09. The summed E-state index contributed by atoms with van der Waals surface area (Å²) >= 11 is 5.89. The van der Waals surface area contributed by atoms with E-state index >= 15 is 0 Å². The second kappa shape index (κ2) is 6.31. The van der Waals surface area contributed by atoms with E-state index in [1.54, 1.807) is 18.2 Å². The van der Waals surface area contributed by atoms with Crippen molar-refractivity contribution in [2.24, 2.45) is 0 Å². The van der Waals surface area contributed by atoms with Gasteiger partial charge in [-0.3, -0.25) is 9.78 Å². The Morgan fingerprint density at radius 3 is 2.85 bits per heavy atom. The van der Waals surface area contributed by atoms with Crippen LogP contribution in [0, 0.1) is 0 Å². The lowest BCUT2D eigenvalue weighted by Crippen LogP contribution is -2.17. The van der Waals surface area contributed by atoms with Crippen molar-refractivity contribution in [3.8, 4) is 5.75 Å². The van der Waals surface area contributed by atoms with Crippen LogP contribution in [-0.2, 0) is 6.61 Å². The number of aliphatic hydroxyl groups is 1. The molecule has 20 heavy (non-hydrogen) atoms. The molecule has 0 radical (unpaired) electrons. The molecule has 0 saturated heterocycles. The lowest BCUT2D eigenvalue weighted by molar-refractivity contribution is 0.101. The fourth-order valence-corrected chi connectivity index (χ4v) is 1.80. The summed E-state index contributed by atoms with van der Waals surface area (Å²) in [4.78, 5) is 20.0. The largest absolute Gasteiger partial charge is 0.495 e. The van der Waals surface area contributed by atoms with Crippen LogP contribution < -0.4 is 10.1 Å². The van der Waals surface area contributed by atoms with E-state index in [2.05, 4.69) is 15.3 Å². The van der Waals surface area contributed by atoms with Gasteiger partial charge in [0.05, 0.1) is 25.1 Å². The zero-order valence-corrected chi connectivity index (χ0v) is 11.4. The number of rotatable bonds is 4. The first kappa shape index (κ1) is 14.2. The zero-order chi connectivity index (χ0) is 14.5. The molecule has 6 nitrogen and oxygen atoms in total. The van der Waals surface area contributed by atoms with Crippen molar-refractivity contribution >= 4 is 23.2 Å². The molecule has 0 atom stereocenters. The lowest BCUT2D eigenvalue weighted by atomic mass is 10.2. The van der Waals surface area contributed by atoms with Crippen LogP contribution in [0.25, 0.3) is 0 Å². The average Bonchev–Trinajstić information content (AvgIpc) is 2.47. The van der Waals surface area contributed by atoms with Gasteiger partial charge in [0, 0.05) is 17.4 Å². The summed E-state index contributed by atoms with van der Waals surface area (Å²) in [7, 11) is 1.49. The molecule has 2 aromatic rings. The second-order valence-corrected chi connectivity index (χ2v) is 4.24. The highest BCUT2D eigenvalue weighted by atomic mass is 35.5. The lowest BCUT2D eigenvalue weighted by Gasteiger charge is -2.11. The summed E-state index contributed by atoms with van der Waals surface area (Å²) in [6.07, 6.45) is 2.78. The van der Waals surface area contributed by atoms with Crippen LogP contribution in [0.5, 0.6) is 5.75 Å². The normalized spacial score (nSPS) is 10.2. The van der Waals surface area contributed by atoms with Gasteiger partial charge in [-0.2, -0.15) is 0 Å². The smallest absolute Gasteiger partial charge is 0.276 e. The summed E-state index contributed by atoms with van der Waals surface area (Å²) < 4.78 is 5.13. The van der Waals surface area contributed by atoms with E-state index in [1.165, 1.54) is 19.5 Å². The summed E-state index contributed by atoms with van der Waals surface area (Å²) in [6.45, 7) is -0.372. The first-order valence-electron chi connectivity index (χ1n) is 5.71. The quantitative estimate of drug-likeness (QED) is 0.899. The molecule has 0 saturated carbocycles. The predicted octanol–water partition coefficient (Wildman–Crippen LogP) is 1.88. The highest BCUT2D eigenvalue weighted by molar-refractivity contribution is 6.31. The fourth-order valence-electron chi connectivity index (χ4n) is 1.63. The molecule has 0 aliphatic rings. The van der Waals surface area contributed by atoms with Crippen molar-refractivity contribution in [3.05, 3.63) is 47.0 Å². The first-order chi connectivity index (χ1) is 9.65. The van der Waals surface area contributed by atoms with Gasteiger partial charge in [-0.15, -0.1) is 0 Å². The average molecular weight is 294 g/mol. The van der Waals surface area contributed by atoms with Gasteiger partial charge in [0.15, 0.2) is 5.69 Å². The molecule has 0 aliphatic carbocycles. The van der Waals surface area contributed by atoms with Crippen LogP contribution in [0.2, 0.25) is 5.02 Å². The SMILES string of the molecule is COc1ccc(Cl)cc1NC(=O)c1nccnc1CO. The summed E-state index contributed by atoms with van der Waals surface area (Å²) in [5.41, 5.74) is 0.669. The van der Waals surface area contributed by atoms with Gasteiger partial charge < -0.3 is 15.2 Å². The second-order valence-electron chi connectivity index (χ2n) is 3.81. The summed E-state index contributed by atoms with van der Waals surface area (Å²) in [6, 6.07) is 4.85. The van der Waals surface area contributed by atoms with E-state index in [9.17, 15) is 4.79 Å². The number of carbonyl (C=O) groups is 1. The molecule has 1 aromatic heterocycles. The van der Waals surface area contributed by atoms with Gasteiger partial charge in [0.2, 0.25) is 0 Å². The van der Waals surface area contributed by atoms with E-state index in [1.807, 2.05) is 0 Å². The number of halogens is 1. The molecule has 0 spiro atoms. The Morgan fingerprint density at radius 2 is 2.15 bits per heavy atom. The standard InChI is InChI=1S/C13H12ClN3O3/c1-20-11-3-2-8(14)6-9(11)17-13(19)12-10(7-18)15-4-5-16-12/h2-6,18H,7H2,1H3,(H,17,19). The highest BCUT2D eigenvalue weighted by Crippen LogP contribution is 2.28. The number of aliphatic hydroxyl groups excluding tert-OH is 1. The number of hydrogen-bond acceptors (Lipinski definition) is 5. The molecule has 1 aromatic carbocycles. The van der Waals surface area contributed by atoms with Gasteiger partial charge in [0.25, 0.3) is 5.91 Å². The maximum absolute atomic E-state index is 12.1. The molecule has 0 bridgehead atoms. The number of methoxy groups -OCH3 is 1. The third-order valence-electron chi connectivity index (χ3n) is 2.55. The molecule has 7 heteroatoms. The van der Waals surface area contributed by atoms with E-state index < -0.39 is 5.91 Å². The molecule has 0 unspecified atom stereocenters. The van der Waals surface area contributed by atoms with Gasteiger partial charge in [-0.05, 0) is 18.2 Å². The molecule has 2 N–H and O–H groups in total. The van der Waals surface area contributed by atoms with Crippen LogP contribution in [0.15, 0.2) is 30.6 Å². The Balaban J connectivity index is 2.30. The Kier molecular flexibility index (Phi) is 4.49. The number of ether oxygens (including phenoxy) is 1. The Morgan fingerprint density at radius 1 is 1.40 bits per heavy atom. The molecule has 104 valence electrons. The Bertz CT molecular complexity index is 634. The Labute approximate surface area is 120 Å². The number of nitrogens with one attached hydrogen (secondary N) is 1. The number of nitrogens with zero attached hydrogens (tertiary/aromatic N) is 2. The van der Waals surface area contributed by atoms with E-state index in [-0.39, 0.29) is 18.0 Å². The molecule has 1 amide bonds. The molecule has 2 rings (SSSR count). The summed E-state index contributed by atoms with van der Waals surface area (Å²) in [5.74, 6) is -0.0279. The van der Waals surface area contributed by atoms with Crippen LogP contribution in [0.4, 0.5) is 5.69 Å². The molecular formula is C13H12ClN3O3. The number of anilines is 1. The van der Waals surface area contributed by atoms with E-state index in [0.717, 1.165) is 0 Å². The maximum Gasteiger partial charge on any atom is 0.276 e. The van der Waals surface area contributed by atoms with Gasteiger partial charge in [-0.1, -0.05) is 11.6 Å². The van der Waals surface area contributed by atoms with Gasteiger partial charge >= 0.3 is 0 Å². The number of carbonyl (C=O) groups excluding carboxylic acids is 1. The minimum atomic E-state index is -0.497. The number of benzene rings is 1. The zero-order valence-electron chi connectivity index (χ0n) is 10.6. The molecule has 0 fully saturated rings. The van der Waals surface area contributed by atoms with Crippen molar-refractivity contribution in [3.63, 3.8) is 0 Å². The van der Waals surface area contributed by atoms with Gasteiger partial charge in [0.1, 0.15) is 5.75 Å². The maximum atomic E-state index is 12.1. The van der Waals surface area contributed by atoms with Crippen LogP contribution >= 0.6 is 11.6 Å². The van der Waals surface area contributed by atoms with Crippen LogP contribution in [0.1, 0.15) is 16.2 Å². The van der Waals surface area contributed by atoms with E-state index in [4.69, 9.17) is 21.4 Å². The van der Waals surface area contributed by atoms with Crippen molar-refractivity contribution < 1.29 is 14.6 Å². The fraction of sp³-hybridized carbons (Fsp3) is 0.154. The van der Waals surface area contributed by atoms with Gasteiger partial charge in [-0.25, -0.2) is 4.98 Å². The summed E-state index contributed by atoms with van der Waals surface area (Å²) in [5, 5.41) is 12.2. The van der Waals surface area contributed by atoms with Crippen LogP contribution in [0.3, 0.4) is 0 Å². The third kappa shape index (κ3) is 3.04. The van der Waals surface area contributed by atoms with Crippen molar-refractivity contribution in [2.75, 3.05) is 12.4 Å². The van der Waals surface area contributed by atoms with Crippen molar-refractivity contribution in [2.45, 2.75) is 6.61 Å². The highest BCUT2D eigenvalue weighted by Gasteiger charge is 2.15. The molecule has 1 heterocycles. The van der Waals surface area contributed by atoms with E-state index in [0.29, 0.717) is 16.5 Å². The molecule has 0 aliphatic heterocycles. The minimum absolute atomic E-state index is 0.0528. The number of aromatic nitrogens is 2. The monoisotopic (exact) mass is 293 g/mol. The Hall–Kier alpha value is -2.18. The van der Waals surface area contributed by atoms with Crippen LogP contribution in [-0.4, -0.2) is 28.1 Å². The number of hydrogen-bond donors (Lipinski definition) is 2.